The summed E-state index contributed by atoms with van der Waals surface area (Å²) in [5, 5.41) is 0. The summed E-state index contributed by atoms with van der Waals surface area (Å²) in [5.74, 6) is 0. The quantitative estimate of drug-likeness (QED) is 0.794. The van der Waals surface area contributed by atoms with Crippen LogP contribution in [-0.4, -0.2) is 23.9 Å². The number of pyridine rings is 1. The van der Waals surface area contributed by atoms with Gasteiger partial charge in [-0.2, -0.15) is 0 Å². The molecule has 1 aliphatic heterocycles. The molecule has 1 saturated heterocycles. The van der Waals surface area contributed by atoms with E-state index in [-0.39, 0.29) is 5.56 Å². The minimum absolute atomic E-state index is 0.138. The lowest BCUT2D eigenvalue weighted by Gasteiger charge is -2.25. The molecule has 1 aliphatic rings. The van der Waals surface area contributed by atoms with Gasteiger partial charge in [0.15, 0.2) is 6.29 Å². The maximum absolute atomic E-state index is 12.5. The predicted octanol–water partition coefficient (Wildman–Crippen LogP) is 2.76. The monoisotopic (exact) mass is 276 g/mol. The number of hydrogen-bond acceptors (Lipinski definition) is 3. The molecule has 0 aromatic carbocycles. The van der Waals surface area contributed by atoms with Crippen molar-refractivity contribution >= 4 is 12.0 Å². The number of nitrogens with zero attached hydrogens (tertiary/aromatic N) is 2. The maximum atomic E-state index is 12.5. The molecule has 0 amide bonds. The van der Waals surface area contributed by atoms with E-state index in [0.717, 1.165) is 50.0 Å². The van der Waals surface area contributed by atoms with Crippen molar-refractivity contribution in [3.63, 3.8) is 0 Å². The van der Waals surface area contributed by atoms with Gasteiger partial charge in [0, 0.05) is 25.3 Å². The van der Waals surface area contributed by atoms with E-state index in [1.54, 1.807) is 4.57 Å². The van der Waals surface area contributed by atoms with Gasteiger partial charge in [0.1, 0.15) is 5.56 Å². The van der Waals surface area contributed by atoms with Crippen LogP contribution in [0.15, 0.2) is 10.9 Å². The topological polar surface area (TPSA) is 42.3 Å². The fourth-order valence-electron chi connectivity index (χ4n) is 2.95. The second kappa shape index (κ2) is 6.73. The van der Waals surface area contributed by atoms with Gasteiger partial charge in [-0.05, 0) is 32.3 Å². The molecule has 0 unspecified atom stereocenters. The number of carbonyl (C=O) groups excluding carboxylic acids is 1. The molecular weight excluding hydrogens is 252 g/mol. The van der Waals surface area contributed by atoms with Crippen LogP contribution in [0.2, 0.25) is 0 Å². The summed E-state index contributed by atoms with van der Waals surface area (Å²) < 4.78 is 1.71. The molecule has 0 aliphatic carbocycles. The van der Waals surface area contributed by atoms with E-state index < -0.39 is 0 Å². The molecule has 110 valence electrons. The summed E-state index contributed by atoms with van der Waals surface area (Å²) in [5.41, 5.74) is 1.96. The van der Waals surface area contributed by atoms with Crippen molar-refractivity contribution in [2.75, 3.05) is 18.0 Å². The summed E-state index contributed by atoms with van der Waals surface area (Å²) in [6.45, 7) is 6.54. The zero-order valence-electron chi connectivity index (χ0n) is 12.5. The Morgan fingerprint density at radius 1 is 1.20 bits per heavy atom. The van der Waals surface area contributed by atoms with Gasteiger partial charge in [-0.15, -0.1) is 0 Å². The van der Waals surface area contributed by atoms with Gasteiger partial charge in [0.05, 0.1) is 5.69 Å². The van der Waals surface area contributed by atoms with Crippen molar-refractivity contribution in [1.82, 2.24) is 4.57 Å². The average molecular weight is 276 g/mol. The van der Waals surface area contributed by atoms with Crippen LogP contribution in [-0.2, 0) is 6.54 Å². The molecule has 2 rings (SSSR count). The third-order valence-corrected chi connectivity index (χ3v) is 4.03. The lowest BCUT2D eigenvalue weighted by atomic mass is 10.1. The molecule has 1 aromatic rings. The van der Waals surface area contributed by atoms with E-state index in [2.05, 4.69) is 4.90 Å². The SMILES string of the molecule is CCCn1c(C)cc(N2CCCCCC2)c(C=O)c1=O. The highest BCUT2D eigenvalue weighted by molar-refractivity contribution is 5.84. The average Bonchev–Trinajstić information content (AvgIpc) is 2.72. The van der Waals surface area contributed by atoms with Crippen LogP contribution >= 0.6 is 0 Å². The molecular formula is C16H24N2O2. The number of hydrogen-bond donors (Lipinski definition) is 0. The van der Waals surface area contributed by atoms with Crippen molar-refractivity contribution in [2.45, 2.75) is 52.5 Å². The predicted molar refractivity (Wildman–Crippen MR) is 81.8 cm³/mol. The van der Waals surface area contributed by atoms with Gasteiger partial charge in [-0.25, -0.2) is 0 Å². The first-order valence-corrected chi connectivity index (χ1v) is 7.63. The molecule has 0 bridgehead atoms. The largest absolute Gasteiger partial charge is 0.371 e. The Morgan fingerprint density at radius 3 is 2.40 bits per heavy atom. The lowest BCUT2D eigenvalue weighted by molar-refractivity contribution is 0.112. The Hall–Kier alpha value is -1.58. The van der Waals surface area contributed by atoms with E-state index in [0.29, 0.717) is 12.1 Å². The molecule has 4 heteroatoms. The normalized spacial score (nSPS) is 16.0. The zero-order valence-corrected chi connectivity index (χ0v) is 12.5. The molecule has 20 heavy (non-hydrogen) atoms. The fraction of sp³-hybridized carbons (Fsp3) is 0.625. The van der Waals surface area contributed by atoms with Gasteiger partial charge in [-0.1, -0.05) is 19.8 Å². The summed E-state index contributed by atoms with van der Waals surface area (Å²) in [6.07, 6.45) is 6.36. The molecule has 0 N–H and O–H groups in total. The first-order chi connectivity index (χ1) is 9.69. The summed E-state index contributed by atoms with van der Waals surface area (Å²) >= 11 is 0. The van der Waals surface area contributed by atoms with Crippen LogP contribution in [0.3, 0.4) is 0 Å². The van der Waals surface area contributed by atoms with Crippen molar-refractivity contribution in [3.8, 4) is 0 Å². The van der Waals surface area contributed by atoms with E-state index >= 15 is 0 Å². The van der Waals surface area contributed by atoms with Crippen molar-refractivity contribution in [2.24, 2.45) is 0 Å². The van der Waals surface area contributed by atoms with Gasteiger partial charge >= 0.3 is 0 Å². The molecule has 1 fully saturated rings. The third kappa shape index (κ3) is 2.94. The number of aryl methyl sites for hydroxylation is 1. The fourth-order valence-corrected chi connectivity index (χ4v) is 2.95. The first kappa shape index (κ1) is 14.8. The Morgan fingerprint density at radius 2 is 1.85 bits per heavy atom. The molecule has 2 heterocycles. The van der Waals surface area contributed by atoms with Gasteiger partial charge in [-0.3, -0.25) is 9.59 Å². The Kier molecular flexibility index (Phi) is 4.99. The smallest absolute Gasteiger partial charge is 0.263 e. The Labute approximate surface area is 120 Å². The maximum Gasteiger partial charge on any atom is 0.263 e. The van der Waals surface area contributed by atoms with Gasteiger partial charge < -0.3 is 9.47 Å². The molecule has 0 radical (unpaired) electrons. The van der Waals surface area contributed by atoms with Crippen LogP contribution in [0.5, 0.6) is 0 Å². The molecule has 1 aromatic heterocycles. The minimum Gasteiger partial charge on any atom is -0.371 e. The number of rotatable bonds is 4. The number of carbonyl (C=O) groups is 1. The van der Waals surface area contributed by atoms with E-state index in [9.17, 15) is 9.59 Å². The van der Waals surface area contributed by atoms with Crippen molar-refractivity contribution < 1.29 is 4.79 Å². The summed E-state index contributed by atoms with van der Waals surface area (Å²) in [4.78, 5) is 26.1. The Balaban J connectivity index is 2.47. The highest BCUT2D eigenvalue weighted by Gasteiger charge is 2.18. The van der Waals surface area contributed by atoms with E-state index in [1.165, 1.54) is 12.8 Å². The van der Waals surface area contributed by atoms with Gasteiger partial charge in [0.2, 0.25) is 0 Å². The molecule has 0 spiro atoms. The standard InChI is InChI=1S/C16H24N2O2/c1-3-8-18-13(2)11-15(14(12-19)16(18)20)17-9-6-4-5-7-10-17/h11-12H,3-10H2,1-2H3. The van der Waals surface area contributed by atoms with Gasteiger partial charge in [0.25, 0.3) is 5.56 Å². The molecule has 0 atom stereocenters. The van der Waals surface area contributed by atoms with Crippen LogP contribution in [0.1, 0.15) is 55.1 Å². The van der Waals surface area contributed by atoms with Crippen LogP contribution in [0.4, 0.5) is 5.69 Å². The highest BCUT2D eigenvalue weighted by Crippen LogP contribution is 2.22. The second-order valence-corrected chi connectivity index (χ2v) is 5.56. The first-order valence-electron chi connectivity index (χ1n) is 7.63. The van der Waals surface area contributed by atoms with Crippen molar-refractivity contribution in [1.29, 1.82) is 0 Å². The summed E-state index contributed by atoms with van der Waals surface area (Å²) in [7, 11) is 0. The number of aromatic nitrogens is 1. The number of anilines is 1. The molecule has 4 nitrogen and oxygen atoms in total. The zero-order chi connectivity index (χ0) is 14.5. The second-order valence-electron chi connectivity index (χ2n) is 5.56. The van der Waals surface area contributed by atoms with E-state index in [4.69, 9.17) is 0 Å². The van der Waals surface area contributed by atoms with Crippen LogP contribution in [0.25, 0.3) is 0 Å². The van der Waals surface area contributed by atoms with Crippen LogP contribution < -0.4 is 10.5 Å². The Bertz CT molecular complexity index is 526. The van der Waals surface area contributed by atoms with Crippen molar-refractivity contribution in [3.05, 3.63) is 27.7 Å². The van der Waals surface area contributed by atoms with Crippen LogP contribution in [0, 0.1) is 6.92 Å². The van der Waals surface area contributed by atoms with E-state index in [1.807, 2.05) is 19.9 Å². The number of aldehydes is 1. The minimum atomic E-state index is -0.138. The molecule has 0 saturated carbocycles. The highest BCUT2D eigenvalue weighted by atomic mass is 16.1. The summed E-state index contributed by atoms with van der Waals surface area (Å²) in [6, 6.07) is 2.01. The lowest BCUT2D eigenvalue weighted by Crippen LogP contribution is -2.32. The third-order valence-electron chi connectivity index (χ3n) is 4.03.